The minimum atomic E-state index is 0.915. The highest BCUT2D eigenvalue weighted by molar-refractivity contribution is 9.10. The summed E-state index contributed by atoms with van der Waals surface area (Å²) in [5.41, 5.74) is 2.51. The Hall–Kier alpha value is -1.00. The molecule has 0 fully saturated rings. The van der Waals surface area contributed by atoms with Crippen LogP contribution >= 0.6 is 15.9 Å². The molecule has 1 N–H and O–H groups in total. The summed E-state index contributed by atoms with van der Waals surface area (Å²) in [5.74, 6) is 0.950. The fourth-order valence-electron chi connectivity index (χ4n) is 2.37. The van der Waals surface area contributed by atoms with Crippen LogP contribution in [0.15, 0.2) is 22.7 Å². The first-order valence-corrected chi connectivity index (χ1v) is 6.16. The Morgan fingerprint density at radius 1 is 1.44 bits per heavy atom. The molecule has 0 spiro atoms. The lowest BCUT2D eigenvalue weighted by atomic mass is 10.2. The number of hydrogen-bond acceptors (Lipinski definition) is 2. The van der Waals surface area contributed by atoms with Crippen molar-refractivity contribution >= 4 is 26.8 Å². The number of nitrogens with one attached hydrogen (secondary N) is 1. The third kappa shape index (κ3) is 1.30. The molecule has 1 aromatic carbocycles. The molecule has 4 heteroatoms. The third-order valence-electron chi connectivity index (χ3n) is 3.11. The second-order valence-corrected chi connectivity index (χ2v) is 4.74. The minimum absolute atomic E-state index is 0.915. The van der Waals surface area contributed by atoms with Crippen molar-refractivity contribution in [1.29, 1.82) is 0 Å². The van der Waals surface area contributed by atoms with Gasteiger partial charge in [0.25, 0.3) is 0 Å². The maximum Gasteiger partial charge on any atom is 0.143 e. The predicted molar refractivity (Wildman–Crippen MR) is 67.9 cm³/mol. The topological polar surface area (TPSA) is 26.2 Å². The van der Waals surface area contributed by atoms with E-state index in [1.165, 1.54) is 21.1 Å². The number of hydrogen-bond donors (Lipinski definition) is 1. The van der Waals surface area contributed by atoms with Gasteiger partial charge in [-0.25, -0.2) is 0 Å². The van der Waals surface area contributed by atoms with Crippen LogP contribution in [-0.4, -0.2) is 18.2 Å². The zero-order valence-electron chi connectivity index (χ0n) is 9.09. The second kappa shape index (κ2) is 3.79. The largest absolute Gasteiger partial charge is 0.495 e. The molecule has 3 rings (SSSR count). The number of methoxy groups -OCH3 is 1. The molecular formula is C12H13BrN2O. The molecule has 1 aliphatic rings. The van der Waals surface area contributed by atoms with E-state index >= 15 is 0 Å². The van der Waals surface area contributed by atoms with Gasteiger partial charge in [0.15, 0.2) is 0 Å². The van der Waals surface area contributed by atoms with Crippen LogP contribution in [0.2, 0.25) is 0 Å². The molecule has 3 nitrogen and oxygen atoms in total. The smallest absolute Gasteiger partial charge is 0.143 e. The highest BCUT2D eigenvalue weighted by atomic mass is 79.9. The fourth-order valence-corrected chi connectivity index (χ4v) is 3.04. The molecule has 84 valence electrons. The zero-order chi connectivity index (χ0) is 11.1. The Labute approximate surface area is 103 Å². The maximum absolute atomic E-state index is 5.44. The number of fused-ring (bicyclic) bond motifs is 3. The Morgan fingerprint density at radius 3 is 3.12 bits per heavy atom. The lowest BCUT2D eigenvalue weighted by molar-refractivity contribution is 0.415. The van der Waals surface area contributed by atoms with Crippen molar-refractivity contribution in [3.05, 3.63) is 28.4 Å². The fraction of sp³-hybridized carbons (Fsp3) is 0.333. The van der Waals surface area contributed by atoms with Crippen molar-refractivity contribution in [2.24, 2.45) is 0 Å². The van der Waals surface area contributed by atoms with Gasteiger partial charge in [0, 0.05) is 35.2 Å². The SMILES string of the molecule is COc1cccc2c(Br)c3n(c12)CCNC3. The van der Waals surface area contributed by atoms with Crippen LogP contribution in [0.1, 0.15) is 5.69 Å². The van der Waals surface area contributed by atoms with Crippen LogP contribution < -0.4 is 10.1 Å². The number of para-hydroxylation sites is 1. The summed E-state index contributed by atoms with van der Waals surface area (Å²) in [7, 11) is 1.73. The number of ether oxygens (including phenoxy) is 1. The van der Waals surface area contributed by atoms with Crippen LogP contribution in [0.3, 0.4) is 0 Å². The third-order valence-corrected chi connectivity index (χ3v) is 3.99. The molecule has 1 aliphatic heterocycles. The Morgan fingerprint density at radius 2 is 2.31 bits per heavy atom. The molecule has 2 heterocycles. The van der Waals surface area contributed by atoms with Gasteiger partial charge in [-0.2, -0.15) is 0 Å². The number of nitrogens with zero attached hydrogens (tertiary/aromatic N) is 1. The quantitative estimate of drug-likeness (QED) is 0.869. The standard InChI is InChI=1S/C12H13BrN2O/c1-16-10-4-2-3-8-11(13)9-7-14-5-6-15(9)12(8)10/h2-4,14H,5-7H2,1H3. The molecule has 0 aliphatic carbocycles. The molecule has 0 amide bonds. The van der Waals surface area contributed by atoms with Gasteiger partial charge in [-0.05, 0) is 22.0 Å². The van der Waals surface area contributed by atoms with E-state index in [0.29, 0.717) is 0 Å². The summed E-state index contributed by atoms with van der Waals surface area (Å²) in [4.78, 5) is 0. The first-order valence-electron chi connectivity index (χ1n) is 5.37. The van der Waals surface area contributed by atoms with Crippen LogP contribution in [0.5, 0.6) is 5.75 Å². The monoisotopic (exact) mass is 280 g/mol. The molecule has 1 aromatic heterocycles. The Kier molecular flexibility index (Phi) is 2.41. The highest BCUT2D eigenvalue weighted by Gasteiger charge is 2.19. The molecule has 2 aromatic rings. The molecule has 16 heavy (non-hydrogen) atoms. The number of rotatable bonds is 1. The van der Waals surface area contributed by atoms with Gasteiger partial charge in [0.1, 0.15) is 5.75 Å². The lowest BCUT2D eigenvalue weighted by Gasteiger charge is -2.18. The van der Waals surface area contributed by atoms with E-state index in [4.69, 9.17) is 4.74 Å². The minimum Gasteiger partial charge on any atom is -0.495 e. The molecule has 0 saturated carbocycles. The Balaban J connectivity index is 2.40. The molecule has 0 unspecified atom stereocenters. The lowest BCUT2D eigenvalue weighted by Crippen LogP contribution is -2.27. The van der Waals surface area contributed by atoms with Crippen LogP contribution in [0.4, 0.5) is 0 Å². The van der Waals surface area contributed by atoms with E-state index in [1.807, 2.05) is 12.1 Å². The van der Waals surface area contributed by atoms with Crippen molar-refractivity contribution in [3.8, 4) is 5.75 Å². The normalized spacial score (nSPS) is 15.1. The molecule has 0 atom stereocenters. The summed E-state index contributed by atoms with van der Waals surface area (Å²) in [6.45, 7) is 2.93. The number of aromatic nitrogens is 1. The first-order chi connectivity index (χ1) is 7.83. The molecule has 0 radical (unpaired) electrons. The van der Waals surface area contributed by atoms with E-state index < -0.39 is 0 Å². The molecule has 0 bridgehead atoms. The zero-order valence-corrected chi connectivity index (χ0v) is 10.7. The highest BCUT2D eigenvalue weighted by Crippen LogP contribution is 2.36. The average Bonchev–Trinajstić information content (AvgIpc) is 2.64. The van der Waals surface area contributed by atoms with Gasteiger partial charge in [0.2, 0.25) is 0 Å². The molecule has 0 saturated heterocycles. The summed E-state index contributed by atoms with van der Waals surface area (Å²) in [6, 6.07) is 6.18. The second-order valence-electron chi connectivity index (χ2n) is 3.95. The first kappa shape index (κ1) is 10.2. The number of halogens is 1. The molecular weight excluding hydrogens is 268 g/mol. The summed E-state index contributed by atoms with van der Waals surface area (Å²) in [6.07, 6.45) is 0. The van der Waals surface area contributed by atoms with Crippen molar-refractivity contribution in [2.75, 3.05) is 13.7 Å². The van der Waals surface area contributed by atoms with Crippen LogP contribution in [-0.2, 0) is 13.1 Å². The van der Waals surface area contributed by atoms with Crippen molar-refractivity contribution in [2.45, 2.75) is 13.1 Å². The van der Waals surface area contributed by atoms with Crippen LogP contribution in [0.25, 0.3) is 10.9 Å². The van der Waals surface area contributed by atoms with E-state index in [-0.39, 0.29) is 0 Å². The van der Waals surface area contributed by atoms with Gasteiger partial charge < -0.3 is 14.6 Å². The van der Waals surface area contributed by atoms with Crippen molar-refractivity contribution in [3.63, 3.8) is 0 Å². The van der Waals surface area contributed by atoms with Gasteiger partial charge in [-0.3, -0.25) is 0 Å². The van der Waals surface area contributed by atoms with Crippen molar-refractivity contribution in [1.82, 2.24) is 9.88 Å². The van der Waals surface area contributed by atoms with E-state index in [9.17, 15) is 0 Å². The summed E-state index contributed by atoms with van der Waals surface area (Å²) in [5, 5.41) is 4.62. The van der Waals surface area contributed by atoms with Gasteiger partial charge in [0.05, 0.1) is 12.6 Å². The van der Waals surface area contributed by atoms with E-state index in [2.05, 4.69) is 31.9 Å². The van der Waals surface area contributed by atoms with Crippen molar-refractivity contribution < 1.29 is 4.74 Å². The van der Waals surface area contributed by atoms with Gasteiger partial charge in [-0.15, -0.1) is 0 Å². The number of benzene rings is 1. The van der Waals surface area contributed by atoms with E-state index in [0.717, 1.165) is 25.4 Å². The average molecular weight is 281 g/mol. The summed E-state index contributed by atoms with van der Waals surface area (Å²) >= 11 is 3.68. The summed E-state index contributed by atoms with van der Waals surface area (Å²) < 4.78 is 8.98. The predicted octanol–water partition coefficient (Wildman–Crippen LogP) is 2.52. The van der Waals surface area contributed by atoms with Crippen LogP contribution in [0, 0.1) is 0 Å². The van der Waals surface area contributed by atoms with E-state index in [1.54, 1.807) is 7.11 Å². The Bertz CT molecular complexity index is 547. The maximum atomic E-state index is 5.44. The van der Waals surface area contributed by atoms with Gasteiger partial charge in [-0.1, -0.05) is 12.1 Å². The van der Waals surface area contributed by atoms with Gasteiger partial charge >= 0.3 is 0 Å².